The zero-order valence-electron chi connectivity index (χ0n) is 15.2. The third kappa shape index (κ3) is 4.82. The van der Waals surface area contributed by atoms with Crippen molar-refractivity contribution in [2.45, 2.75) is 11.5 Å². The summed E-state index contributed by atoms with van der Waals surface area (Å²) in [5.74, 6) is 0.540. The monoisotopic (exact) mass is 413 g/mol. The average Bonchev–Trinajstić information content (AvgIpc) is 2.68. The topological polar surface area (TPSA) is 79.9 Å². The quantitative estimate of drug-likeness (QED) is 0.726. The zero-order chi connectivity index (χ0) is 20.1. The molecular formula is C18H21F2N3O4S. The molecular weight excluding hydrogens is 392 g/mol. The van der Waals surface area contributed by atoms with Gasteiger partial charge in [0.25, 0.3) is 10.0 Å². The van der Waals surface area contributed by atoms with Gasteiger partial charge in [-0.2, -0.15) is 8.78 Å². The first-order valence-electron chi connectivity index (χ1n) is 8.60. The van der Waals surface area contributed by atoms with Gasteiger partial charge < -0.3 is 19.7 Å². The molecule has 2 aromatic rings. The van der Waals surface area contributed by atoms with Crippen molar-refractivity contribution >= 4 is 21.4 Å². The van der Waals surface area contributed by atoms with Gasteiger partial charge >= 0.3 is 6.61 Å². The number of anilines is 2. The molecule has 0 radical (unpaired) electrons. The molecule has 0 bridgehead atoms. The molecule has 0 saturated carbocycles. The van der Waals surface area contributed by atoms with Crippen molar-refractivity contribution in [1.29, 1.82) is 0 Å². The number of nitrogens with one attached hydrogen (secondary N) is 2. The highest BCUT2D eigenvalue weighted by atomic mass is 32.2. The van der Waals surface area contributed by atoms with Gasteiger partial charge in [-0.15, -0.1) is 0 Å². The number of methoxy groups -OCH3 is 1. The Labute approximate surface area is 162 Å². The second-order valence-electron chi connectivity index (χ2n) is 6.08. The summed E-state index contributed by atoms with van der Waals surface area (Å²) >= 11 is 0. The maximum Gasteiger partial charge on any atom is 0.387 e. The van der Waals surface area contributed by atoms with Crippen LogP contribution < -0.4 is 24.4 Å². The van der Waals surface area contributed by atoms with E-state index < -0.39 is 16.6 Å². The number of benzene rings is 2. The molecule has 2 N–H and O–H groups in total. The van der Waals surface area contributed by atoms with Crippen LogP contribution in [0.5, 0.6) is 11.5 Å². The van der Waals surface area contributed by atoms with E-state index in [1.165, 1.54) is 24.3 Å². The van der Waals surface area contributed by atoms with Crippen LogP contribution in [-0.4, -0.2) is 48.3 Å². The van der Waals surface area contributed by atoms with Crippen molar-refractivity contribution in [3.05, 3.63) is 42.5 Å². The molecule has 0 amide bonds. The fourth-order valence-corrected chi connectivity index (χ4v) is 3.97. The van der Waals surface area contributed by atoms with Crippen LogP contribution in [0.25, 0.3) is 0 Å². The molecule has 2 aromatic carbocycles. The van der Waals surface area contributed by atoms with Gasteiger partial charge in [-0.25, -0.2) is 8.42 Å². The Morgan fingerprint density at radius 1 is 1.11 bits per heavy atom. The molecule has 3 rings (SSSR count). The van der Waals surface area contributed by atoms with E-state index in [2.05, 4.69) is 19.7 Å². The minimum Gasteiger partial charge on any atom is -0.495 e. The van der Waals surface area contributed by atoms with Gasteiger partial charge in [0.05, 0.1) is 23.4 Å². The van der Waals surface area contributed by atoms with Crippen LogP contribution in [0.15, 0.2) is 47.4 Å². The predicted octanol–water partition coefficient (Wildman–Crippen LogP) is 2.51. The van der Waals surface area contributed by atoms with E-state index >= 15 is 0 Å². The summed E-state index contributed by atoms with van der Waals surface area (Å²) in [4.78, 5) is 2.05. The normalized spacial score (nSPS) is 14.8. The molecule has 0 aliphatic carbocycles. The van der Waals surface area contributed by atoms with Crippen LogP contribution in [0.4, 0.5) is 20.2 Å². The van der Waals surface area contributed by atoms with E-state index in [9.17, 15) is 17.2 Å². The lowest BCUT2D eigenvalue weighted by atomic mass is 10.2. The number of sulfonamides is 1. The highest BCUT2D eigenvalue weighted by Crippen LogP contribution is 2.32. The van der Waals surface area contributed by atoms with Crippen molar-refractivity contribution in [2.24, 2.45) is 0 Å². The molecule has 152 valence electrons. The molecule has 1 fully saturated rings. The second kappa shape index (κ2) is 8.61. The summed E-state index contributed by atoms with van der Waals surface area (Å²) < 4.78 is 61.8. The highest BCUT2D eigenvalue weighted by molar-refractivity contribution is 7.92. The Kier molecular flexibility index (Phi) is 6.20. The zero-order valence-corrected chi connectivity index (χ0v) is 16.0. The fourth-order valence-electron chi connectivity index (χ4n) is 2.92. The lowest BCUT2D eigenvalue weighted by Crippen LogP contribution is -2.43. The van der Waals surface area contributed by atoms with Crippen LogP contribution in [0.2, 0.25) is 0 Å². The van der Waals surface area contributed by atoms with E-state index in [0.29, 0.717) is 11.4 Å². The third-order valence-electron chi connectivity index (χ3n) is 4.25. The van der Waals surface area contributed by atoms with E-state index in [0.717, 1.165) is 31.9 Å². The first kappa shape index (κ1) is 20.2. The summed E-state index contributed by atoms with van der Waals surface area (Å²) in [5, 5.41) is 3.26. The third-order valence-corrected chi connectivity index (χ3v) is 5.65. The first-order valence-corrected chi connectivity index (χ1v) is 10.1. The SMILES string of the molecule is COc1ccc(NS(=O)(=O)c2ccc(OC(F)F)cc2)cc1N1CCNCC1. The van der Waals surface area contributed by atoms with Gasteiger partial charge in [0, 0.05) is 26.2 Å². The summed E-state index contributed by atoms with van der Waals surface area (Å²) in [6.45, 7) is 0.234. The fraction of sp³-hybridized carbons (Fsp3) is 0.333. The Morgan fingerprint density at radius 2 is 1.79 bits per heavy atom. The number of halogens is 2. The first-order chi connectivity index (χ1) is 13.4. The molecule has 7 nitrogen and oxygen atoms in total. The summed E-state index contributed by atoms with van der Waals surface area (Å²) in [7, 11) is -2.33. The van der Waals surface area contributed by atoms with E-state index in [-0.39, 0.29) is 10.6 Å². The summed E-state index contributed by atoms with van der Waals surface area (Å²) in [6.07, 6.45) is 0. The van der Waals surface area contributed by atoms with Crippen molar-refractivity contribution in [2.75, 3.05) is 42.9 Å². The molecule has 1 aliphatic heterocycles. The van der Waals surface area contributed by atoms with Crippen molar-refractivity contribution < 1.29 is 26.7 Å². The summed E-state index contributed by atoms with van der Waals surface area (Å²) in [6, 6.07) is 9.81. The van der Waals surface area contributed by atoms with Gasteiger partial charge in [0.15, 0.2) is 0 Å². The average molecular weight is 413 g/mol. The maximum absolute atomic E-state index is 12.6. The molecule has 0 atom stereocenters. The van der Waals surface area contributed by atoms with Crippen LogP contribution in [-0.2, 0) is 10.0 Å². The lowest BCUT2D eigenvalue weighted by molar-refractivity contribution is -0.0498. The van der Waals surface area contributed by atoms with Crippen molar-refractivity contribution in [1.82, 2.24) is 5.32 Å². The van der Waals surface area contributed by atoms with Gasteiger partial charge in [-0.05, 0) is 42.5 Å². The molecule has 1 heterocycles. The number of piperazine rings is 1. The number of alkyl halides is 2. The second-order valence-corrected chi connectivity index (χ2v) is 7.76. The molecule has 1 aliphatic rings. The highest BCUT2D eigenvalue weighted by Gasteiger charge is 2.19. The molecule has 1 saturated heterocycles. The maximum atomic E-state index is 12.6. The number of rotatable bonds is 7. The number of hydrogen-bond donors (Lipinski definition) is 2. The van der Waals surface area contributed by atoms with Gasteiger partial charge in [0.1, 0.15) is 11.5 Å². The smallest absolute Gasteiger partial charge is 0.387 e. The summed E-state index contributed by atoms with van der Waals surface area (Å²) in [5.41, 5.74) is 1.17. The van der Waals surface area contributed by atoms with Crippen LogP contribution in [0.3, 0.4) is 0 Å². The molecule has 28 heavy (non-hydrogen) atoms. The Morgan fingerprint density at radius 3 is 2.39 bits per heavy atom. The van der Waals surface area contributed by atoms with Crippen LogP contribution in [0, 0.1) is 0 Å². The Hall–Kier alpha value is -2.59. The minimum absolute atomic E-state index is 0.0614. The van der Waals surface area contributed by atoms with E-state index in [1.807, 2.05) is 0 Å². The molecule has 0 aromatic heterocycles. The predicted molar refractivity (Wildman–Crippen MR) is 102 cm³/mol. The van der Waals surface area contributed by atoms with E-state index in [1.54, 1.807) is 25.3 Å². The standard InChI is InChI=1S/C18H21F2N3O4S/c1-26-17-7-2-13(12-16(17)23-10-8-21-9-11-23)22-28(24,25)15-5-3-14(4-6-15)27-18(19)20/h2-7,12,18,21-22H,8-11H2,1H3. The number of hydrogen-bond acceptors (Lipinski definition) is 6. The van der Waals surface area contributed by atoms with Crippen molar-refractivity contribution in [3.8, 4) is 11.5 Å². The Bertz CT molecular complexity index is 902. The van der Waals surface area contributed by atoms with Gasteiger partial charge in [-0.1, -0.05) is 0 Å². The van der Waals surface area contributed by atoms with Crippen LogP contribution >= 0.6 is 0 Å². The van der Waals surface area contributed by atoms with E-state index in [4.69, 9.17) is 4.74 Å². The molecule has 0 spiro atoms. The van der Waals surface area contributed by atoms with Crippen LogP contribution in [0.1, 0.15) is 0 Å². The molecule has 10 heteroatoms. The van der Waals surface area contributed by atoms with Gasteiger partial charge in [-0.3, -0.25) is 4.72 Å². The van der Waals surface area contributed by atoms with Gasteiger partial charge in [0.2, 0.25) is 0 Å². The lowest BCUT2D eigenvalue weighted by Gasteiger charge is -2.31. The van der Waals surface area contributed by atoms with Crippen molar-refractivity contribution in [3.63, 3.8) is 0 Å². The minimum atomic E-state index is -3.89. The number of ether oxygens (including phenoxy) is 2. The molecule has 0 unspecified atom stereocenters. The largest absolute Gasteiger partial charge is 0.495 e. The number of nitrogens with zero attached hydrogens (tertiary/aromatic N) is 1. The Balaban J connectivity index is 1.81.